The van der Waals surface area contributed by atoms with Gasteiger partial charge in [0.25, 0.3) is 5.91 Å². The van der Waals surface area contributed by atoms with Crippen molar-refractivity contribution in [1.82, 2.24) is 10.2 Å². The first-order valence-electron chi connectivity index (χ1n) is 8.20. The first kappa shape index (κ1) is 16.1. The van der Waals surface area contributed by atoms with E-state index in [1.165, 1.54) is 5.56 Å². The second-order valence-corrected chi connectivity index (χ2v) is 6.49. The van der Waals surface area contributed by atoms with E-state index >= 15 is 0 Å². The number of anilines is 1. The van der Waals surface area contributed by atoms with Crippen LogP contribution in [0.5, 0.6) is 0 Å². The zero-order valence-electron chi connectivity index (χ0n) is 13.0. The molecule has 6 heteroatoms. The minimum absolute atomic E-state index is 0. The average Bonchev–Trinajstić information content (AvgIpc) is 3.05. The van der Waals surface area contributed by atoms with Crippen molar-refractivity contribution in [2.45, 2.75) is 44.2 Å². The van der Waals surface area contributed by atoms with Gasteiger partial charge in [0, 0.05) is 30.4 Å². The molecule has 2 aliphatic heterocycles. The fourth-order valence-corrected chi connectivity index (χ4v) is 3.41. The van der Waals surface area contributed by atoms with Crippen molar-refractivity contribution in [3.05, 3.63) is 29.3 Å². The van der Waals surface area contributed by atoms with Crippen LogP contribution in [0.4, 0.5) is 5.69 Å². The first-order chi connectivity index (χ1) is 10.7. The summed E-state index contributed by atoms with van der Waals surface area (Å²) in [5.74, 6) is 0.0133. The lowest BCUT2D eigenvalue weighted by atomic mass is 10.1. The number of rotatable bonds is 3. The highest BCUT2D eigenvalue weighted by atomic mass is 35.5. The molecule has 23 heavy (non-hydrogen) atoms. The number of carbonyl (C=O) groups excluding carboxylic acids is 2. The van der Waals surface area contributed by atoms with E-state index in [-0.39, 0.29) is 30.3 Å². The summed E-state index contributed by atoms with van der Waals surface area (Å²) in [5, 5.41) is 6.33. The number of amides is 2. The van der Waals surface area contributed by atoms with Gasteiger partial charge in [-0.25, -0.2) is 0 Å². The lowest BCUT2D eigenvalue weighted by Gasteiger charge is -2.24. The Balaban J connectivity index is 0.00000156. The number of nitrogens with zero attached hydrogens (tertiary/aromatic N) is 1. The summed E-state index contributed by atoms with van der Waals surface area (Å²) in [7, 11) is 0. The lowest BCUT2D eigenvalue weighted by molar-refractivity contribution is -0.125. The van der Waals surface area contributed by atoms with Gasteiger partial charge < -0.3 is 15.5 Å². The third-order valence-corrected chi connectivity index (χ3v) is 4.80. The molecule has 2 fully saturated rings. The van der Waals surface area contributed by atoms with Crippen LogP contribution in [-0.4, -0.2) is 41.9 Å². The highest BCUT2D eigenvalue weighted by Crippen LogP contribution is 2.27. The predicted molar refractivity (Wildman–Crippen MR) is 91.1 cm³/mol. The Bertz CT molecular complexity index is 630. The topological polar surface area (TPSA) is 61.4 Å². The average molecular weight is 336 g/mol. The van der Waals surface area contributed by atoms with Crippen LogP contribution in [-0.2, 0) is 11.2 Å². The summed E-state index contributed by atoms with van der Waals surface area (Å²) in [6.45, 7) is 1.61. The van der Waals surface area contributed by atoms with Crippen LogP contribution in [0.15, 0.2) is 18.2 Å². The van der Waals surface area contributed by atoms with Crippen LogP contribution in [0.3, 0.4) is 0 Å². The number of benzene rings is 1. The zero-order chi connectivity index (χ0) is 15.1. The van der Waals surface area contributed by atoms with Gasteiger partial charge in [0.1, 0.15) is 6.04 Å². The number of halogens is 1. The van der Waals surface area contributed by atoms with Crippen LogP contribution >= 0.6 is 12.4 Å². The van der Waals surface area contributed by atoms with E-state index in [2.05, 4.69) is 10.6 Å². The van der Waals surface area contributed by atoms with Gasteiger partial charge in [-0.1, -0.05) is 0 Å². The quantitative estimate of drug-likeness (QED) is 0.887. The lowest BCUT2D eigenvalue weighted by Crippen LogP contribution is -2.46. The molecule has 1 unspecified atom stereocenters. The van der Waals surface area contributed by atoms with Crippen LogP contribution < -0.4 is 10.6 Å². The van der Waals surface area contributed by atoms with Crippen LogP contribution in [0.1, 0.15) is 41.6 Å². The second-order valence-electron chi connectivity index (χ2n) is 6.49. The Morgan fingerprint density at radius 2 is 2.04 bits per heavy atom. The largest absolute Gasteiger partial charge is 0.384 e. The van der Waals surface area contributed by atoms with Crippen LogP contribution in [0, 0.1) is 0 Å². The Morgan fingerprint density at radius 1 is 1.22 bits per heavy atom. The van der Waals surface area contributed by atoms with Crippen LogP contribution in [0.25, 0.3) is 0 Å². The number of fused-ring (bicyclic) bond motifs is 1. The van der Waals surface area contributed by atoms with E-state index in [1.54, 1.807) is 4.90 Å². The molecule has 4 rings (SSSR count). The fraction of sp³-hybridized carbons (Fsp3) is 0.529. The maximum absolute atomic E-state index is 12.8. The van der Waals surface area contributed by atoms with Crippen LogP contribution in [0.2, 0.25) is 0 Å². The van der Waals surface area contributed by atoms with Crippen molar-refractivity contribution in [2.24, 2.45) is 0 Å². The van der Waals surface area contributed by atoms with Gasteiger partial charge in [0.05, 0.1) is 0 Å². The van der Waals surface area contributed by atoms with Gasteiger partial charge in [-0.2, -0.15) is 0 Å². The molecular formula is C17H22ClN3O2. The van der Waals surface area contributed by atoms with Crippen molar-refractivity contribution >= 4 is 29.9 Å². The van der Waals surface area contributed by atoms with Gasteiger partial charge in [0.15, 0.2) is 0 Å². The standard InChI is InChI=1S/C17H21N3O2.ClH/c21-16(19-13-4-5-13)15-2-1-9-20(15)17(22)12-3-6-14-11(10-12)7-8-18-14;/h3,6,10,13,15,18H,1-2,4-5,7-9H2,(H,19,21);1H. The summed E-state index contributed by atoms with van der Waals surface area (Å²) in [5.41, 5.74) is 3.03. The molecule has 2 amide bonds. The van der Waals surface area contributed by atoms with E-state index in [1.807, 2.05) is 18.2 Å². The summed E-state index contributed by atoms with van der Waals surface area (Å²) in [4.78, 5) is 26.9. The molecule has 1 aromatic carbocycles. The molecule has 0 aromatic heterocycles. The minimum Gasteiger partial charge on any atom is -0.384 e. The van der Waals surface area contributed by atoms with Gasteiger partial charge in [0.2, 0.25) is 5.91 Å². The molecule has 1 aliphatic carbocycles. The predicted octanol–water partition coefficient (Wildman–Crippen LogP) is 1.96. The van der Waals surface area contributed by atoms with E-state index in [9.17, 15) is 9.59 Å². The molecular weight excluding hydrogens is 314 g/mol. The molecule has 1 saturated heterocycles. The number of hydrogen-bond donors (Lipinski definition) is 2. The Labute approximate surface area is 142 Å². The highest BCUT2D eigenvalue weighted by Gasteiger charge is 2.36. The normalized spacial score (nSPS) is 22.1. The molecule has 0 radical (unpaired) electrons. The van der Waals surface area contributed by atoms with Crippen molar-refractivity contribution < 1.29 is 9.59 Å². The third-order valence-electron chi connectivity index (χ3n) is 4.80. The van der Waals surface area contributed by atoms with E-state index < -0.39 is 0 Å². The zero-order valence-corrected chi connectivity index (χ0v) is 13.8. The number of hydrogen-bond acceptors (Lipinski definition) is 3. The molecule has 3 aliphatic rings. The molecule has 0 spiro atoms. The maximum atomic E-state index is 12.8. The van der Waals surface area contributed by atoms with Crippen molar-refractivity contribution in [3.63, 3.8) is 0 Å². The molecule has 1 aromatic rings. The summed E-state index contributed by atoms with van der Waals surface area (Å²) < 4.78 is 0. The van der Waals surface area contributed by atoms with Crippen molar-refractivity contribution in [2.75, 3.05) is 18.4 Å². The molecule has 2 N–H and O–H groups in total. The van der Waals surface area contributed by atoms with E-state index in [0.29, 0.717) is 18.2 Å². The Hall–Kier alpha value is -1.75. The SMILES string of the molecule is Cl.O=C(NC1CC1)C1CCCN1C(=O)c1ccc2c(c1)CCN2. The van der Waals surface area contributed by atoms with Crippen molar-refractivity contribution in [1.29, 1.82) is 0 Å². The highest BCUT2D eigenvalue weighted by molar-refractivity contribution is 5.98. The van der Waals surface area contributed by atoms with E-state index in [4.69, 9.17) is 0 Å². The fourth-order valence-electron chi connectivity index (χ4n) is 3.41. The number of likely N-dealkylation sites (tertiary alicyclic amines) is 1. The minimum atomic E-state index is -0.292. The van der Waals surface area contributed by atoms with Gasteiger partial charge in [-0.3, -0.25) is 9.59 Å². The molecule has 2 heterocycles. The van der Waals surface area contributed by atoms with Crippen molar-refractivity contribution in [3.8, 4) is 0 Å². The van der Waals surface area contributed by atoms with Gasteiger partial charge in [-0.15, -0.1) is 12.4 Å². The van der Waals surface area contributed by atoms with Gasteiger partial charge in [-0.05, 0) is 55.9 Å². The molecule has 5 nitrogen and oxygen atoms in total. The number of carbonyl (C=O) groups is 2. The summed E-state index contributed by atoms with van der Waals surface area (Å²) >= 11 is 0. The molecule has 124 valence electrons. The maximum Gasteiger partial charge on any atom is 0.254 e. The second kappa shape index (κ2) is 6.40. The molecule has 1 atom stereocenters. The van der Waals surface area contributed by atoms with Gasteiger partial charge >= 0.3 is 0 Å². The van der Waals surface area contributed by atoms with E-state index in [0.717, 1.165) is 44.3 Å². The number of nitrogens with one attached hydrogen (secondary N) is 2. The Morgan fingerprint density at radius 3 is 2.83 bits per heavy atom. The smallest absolute Gasteiger partial charge is 0.254 e. The monoisotopic (exact) mass is 335 g/mol. The summed E-state index contributed by atoms with van der Waals surface area (Å²) in [6.07, 6.45) is 4.79. The Kier molecular flexibility index (Phi) is 4.48. The molecule has 1 saturated carbocycles. The summed E-state index contributed by atoms with van der Waals surface area (Å²) in [6, 6.07) is 5.88. The first-order valence-corrected chi connectivity index (χ1v) is 8.20. The molecule has 0 bridgehead atoms. The third kappa shape index (κ3) is 3.15.